The van der Waals surface area contributed by atoms with E-state index in [2.05, 4.69) is 15.3 Å². The fourth-order valence-corrected chi connectivity index (χ4v) is 4.89. The first-order chi connectivity index (χ1) is 18.4. The molecule has 3 N–H and O–H groups in total. The van der Waals surface area contributed by atoms with Crippen LogP contribution in [0.5, 0.6) is 0 Å². The number of nitrogens with zero attached hydrogens (tertiary/aromatic N) is 3. The molecular formula is C29H28FN5O3. The molecule has 0 radical (unpaired) electrons. The molecule has 1 aliphatic rings. The Labute approximate surface area is 219 Å². The number of rotatable bonds is 6. The van der Waals surface area contributed by atoms with E-state index in [1.165, 1.54) is 6.33 Å². The van der Waals surface area contributed by atoms with Gasteiger partial charge in [-0.25, -0.2) is 19.2 Å². The summed E-state index contributed by atoms with van der Waals surface area (Å²) in [6.45, 7) is 2.67. The molecule has 0 bridgehead atoms. The average molecular weight is 514 g/mol. The summed E-state index contributed by atoms with van der Waals surface area (Å²) in [6.07, 6.45) is 1.54. The number of halogens is 1. The molecule has 38 heavy (non-hydrogen) atoms. The minimum atomic E-state index is -0.585. The van der Waals surface area contributed by atoms with Gasteiger partial charge in [-0.15, -0.1) is 0 Å². The van der Waals surface area contributed by atoms with E-state index in [1.54, 1.807) is 42.2 Å². The number of nitrogens with one attached hydrogen (secondary N) is 1. The van der Waals surface area contributed by atoms with Crippen LogP contribution in [0, 0.1) is 12.7 Å². The number of amides is 2. The maximum Gasteiger partial charge on any atom is 0.410 e. The van der Waals surface area contributed by atoms with Crippen molar-refractivity contribution in [2.24, 2.45) is 5.73 Å². The number of ether oxygens (including phenoxy) is 1. The Kier molecular flexibility index (Phi) is 7.17. The predicted octanol–water partition coefficient (Wildman–Crippen LogP) is 4.78. The maximum absolute atomic E-state index is 14.5. The summed E-state index contributed by atoms with van der Waals surface area (Å²) in [4.78, 5) is 35.3. The van der Waals surface area contributed by atoms with E-state index in [1.807, 2.05) is 36.4 Å². The molecule has 1 fully saturated rings. The molecule has 9 heteroatoms. The van der Waals surface area contributed by atoms with Gasteiger partial charge in [0.05, 0.1) is 17.1 Å². The van der Waals surface area contributed by atoms with Crippen LogP contribution in [0.25, 0.3) is 10.9 Å². The topological polar surface area (TPSA) is 110 Å². The minimum Gasteiger partial charge on any atom is -0.445 e. The van der Waals surface area contributed by atoms with Gasteiger partial charge in [-0.1, -0.05) is 48.5 Å². The van der Waals surface area contributed by atoms with E-state index in [0.29, 0.717) is 47.4 Å². The monoisotopic (exact) mass is 513 g/mol. The summed E-state index contributed by atoms with van der Waals surface area (Å²) in [5, 5.41) is 4.08. The number of nitrogens with two attached hydrogens (primary N) is 1. The molecule has 3 aromatic carbocycles. The van der Waals surface area contributed by atoms with Crippen LogP contribution in [0.1, 0.15) is 39.4 Å². The van der Waals surface area contributed by atoms with Crippen molar-refractivity contribution in [3.63, 3.8) is 0 Å². The average Bonchev–Trinajstić information content (AvgIpc) is 2.93. The Morgan fingerprint density at radius 1 is 1.11 bits per heavy atom. The number of hydrogen-bond donors (Lipinski definition) is 2. The first-order valence-corrected chi connectivity index (χ1v) is 12.4. The number of likely N-dealkylation sites (tertiary alicyclic amines) is 1. The predicted molar refractivity (Wildman–Crippen MR) is 142 cm³/mol. The van der Waals surface area contributed by atoms with E-state index in [4.69, 9.17) is 10.5 Å². The molecule has 2 amide bonds. The van der Waals surface area contributed by atoms with Crippen LogP contribution in [-0.4, -0.2) is 46.0 Å². The third kappa shape index (κ3) is 5.27. The van der Waals surface area contributed by atoms with Crippen LogP contribution in [0.2, 0.25) is 0 Å². The summed E-state index contributed by atoms with van der Waals surface area (Å²) in [7, 11) is 0. The molecular weight excluding hydrogens is 485 g/mol. The minimum absolute atomic E-state index is 0.104. The molecule has 8 nitrogen and oxygen atoms in total. The van der Waals surface area contributed by atoms with Gasteiger partial charge in [0.25, 0.3) is 5.91 Å². The summed E-state index contributed by atoms with van der Waals surface area (Å²) >= 11 is 0. The Morgan fingerprint density at radius 3 is 2.68 bits per heavy atom. The second-order valence-electron chi connectivity index (χ2n) is 9.43. The zero-order valence-electron chi connectivity index (χ0n) is 20.9. The Morgan fingerprint density at radius 2 is 1.92 bits per heavy atom. The summed E-state index contributed by atoms with van der Waals surface area (Å²) < 4.78 is 20.1. The number of para-hydroxylation sites is 1. The number of carbonyl (C=O) groups excluding carboxylic acids is 2. The fraction of sp³-hybridized carbons (Fsp3) is 0.241. The molecule has 2 unspecified atom stereocenters. The van der Waals surface area contributed by atoms with Crippen molar-refractivity contribution in [1.82, 2.24) is 14.9 Å². The van der Waals surface area contributed by atoms with Gasteiger partial charge in [0.1, 0.15) is 24.6 Å². The van der Waals surface area contributed by atoms with Gasteiger partial charge in [0.15, 0.2) is 0 Å². The number of fused-ring (bicyclic) bond motifs is 1. The van der Waals surface area contributed by atoms with Gasteiger partial charge in [-0.3, -0.25) is 4.79 Å². The van der Waals surface area contributed by atoms with Crippen LogP contribution in [0.4, 0.5) is 15.0 Å². The summed E-state index contributed by atoms with van der Waals surface area (Å²) in [6, 6.07) is 19.6. The van der Waals surface area contributed by atoms with Gasteiger partial charge >= 0.3 is 6.09 Å². The molecule has 5 rings (SSSR count). The number of piperidine rings is 1. The zero-order valence-corrected chi connectivity index (χ0v) is 20.9. The molecule has 1 aromatic heterocycles. The van der Waals surface area contributed by atoms with Gasteiger partial charge < -0.3 is 20.7 Å². The van der Waals surface area contributed by atoms with Crippen molar-refractivity contribution in [3.8, 4) is 0 Å². The molecule has 194 valence electrons. The van der Waals surface area contributed by atoms with Crippen LogP contribution in [0.3, 0.4) is 0 Å². The van der Waals surface area contributed by atoms with Crippen LogP contribution in [0.15, 0.2) is 73.1 Å². The quantitative estimate of drug-likeness (QED) is 0.384. The molecule has 4 aromatic rings. The van der Waals surface area contributed by atoms with Crippen molar-refractivity contribution in [3.05, 3.63) is 101 Å². The number of hydrogen-bond acceptors (Lipinski definition) is 6. The second-order valence-corrected chi connectivity index (χ2v) is 9.43. The number of benzene rings is 3. The first-order valence-electron chi connectivity index (χ1n) is 12.4. The van der Waals surface area contributed by atoms with Crippen molar-refractivity contribution in [2.45, 2.75) is 31.9 Å². The molecule has 0 spiro atoms. The number of aromatic nitrogens is 2. The lowest BCUT2D eigenvalue weighted by Crippen LogP contribution is -2.49. The largest absolute Gasteiger partial charge is 0.445 e. The van der Waals surface area contributed by atoms with E-state index in [0.717, 1.165) is 11.1 Å². The SMILES string of the molecule is Cc1ccc(C2CCN(C(=O)OCc3ccccc3)CC2Nc2ncnc3c(C(N)=O)cccc23)cc1F. The standard InChI is InChI=1S/C29H28FN5O3/c1-18-10-11-20(14-24(18)30)21-12-13-35(29(37)38-16-19-6-3-2-4-7-19)15-25(21)34-28-23-9-5-8-22(27(31)36)26(23)32-17-33-28/h2-11,14,17,21,25H,12-13,15-16H2,1H3,(H2,31,36)(H,32,33,34). The summed E-state index contributed by atoms with van der Waals surface area (Å²) in [5.41, 5.74) is 8.58. The number of carbonyl (C=O) groups is 2. The van der Waals surface area contributed by atoms with E-state index in [9.17, 15) is 14.0 Å². The van der Waals surface area contributed by atoms with E-state index in [-0.39, 0.29) is 24.4 Å². The fourth-order valence-electron chi connectivity index (χ4n) is 4.89. The Bertz CT molecular complexity index is 1480. The normalized spacial score (nSPS) is 17.3. The van der Waals surface area contributed by atoms with Crippen LogP contribution >= 0.6 is 0 Å². The summed E-state index contributed by atoms with van der Waals surface area (Å²) in [5.74, 6) is -0.462. The van der Waals surface area contributed by atoms with Gasteiger partial charge in [-0.2, -0.15) is 0 Å². The van der Waals surface area contributed by atoms with Crippen molar-refractivity contribution < 1.29 is 18.7 Å². The lowest BCUT2D eigenvalue weighted by molar-refractivity contribution is 0.0845. The molecule has 2 heterocycles. The van der Waals surface area contributed by atoms with E-state index >= 15 is 0 Å². The van der Waals surface area contributed by atoms with Gasteiger partial charge in [0.2, 0.25) is 0 Å². The number of primary amides is 1. The maximum atomic E-state index is 14.5. The Balaban J connectivity index is 1.43. The number of aryl methyl sites for hydroxylation is 1. The highest BCUT2D eigenvalue weighted by Crippen LogP contribution is 2.33. The molecule has 2 atom stereocenters. The van der Waals surface area contributed by atoms with Crippen molar-refractivity contribution in [1.29, 1.82) is 0 Å². The number of anilines is 1. The highest BCUT2D eigenvalue weighted by molar-refractivity contribution is 6.06. The molecule has 1 saturated heterocycles. The zero-order chi connectivity index (χ0) is 26.6. The lowest BCUT2D eigenvalue weighted by Gasteiger charge is -2.39. The van der Waals surface area contributed by atoms with Crippen molar-refractivity contribution >= 4 is 28.7 Å². The van der Waals surface area contributed by atoms with E-state index < -0.39 is 12.0 Å². The molecule has 0 aliphatic carbocycles. The third-order valence-electron chi connectivity index (χ3n) is 6.95. The van der Waals surface area contributed by atoms with Crippen LogP contribution in [-0.2, 0) is 11.3 Å². The highest BCUT2D eigenvalue weighted by atomic mass is 19.1. The molecule has 0 saturated carbocycles. The molecule has 1 aliphatic heterocycles. The van der Waals surface area contributed by atoms with Gasteiger partial charge in [-0.05, 0) is 48.2 Å². The third-order valence-corrected chi connectivity index (χ3v) is 6.95. The Hall–Kier alpha value is -4.53. The highest BCUT2D eigenvalue weighted by Gasteiger charge is 2.34. The second kappa shape index (κ2) is 10.8. The first kappa shape index (κ1) is 25.1. The van der Waals surface area contributed by atoms with Crippen LogP contribution < -0.4 is 11.1 Å². The van der Waals surface area contributed by atoms with Gasteiger partial charge in [0, 0.05) is 24.4 Å². The smallest absolute Gasteiger partial charge is 0.410 e. The lowest BCUT2D eigenvalue weighted by atomic mass is 9.84. The van der Waals surface area contributed by atoms with Crippen molar-refractivity contribution in [2.75, 3.05) is 18.4 Å².